The fraction of sp³-hybridized carbons (Fsp3) is 0.304. The average Bonchev–Trinajstić information content (AvgIpc) is 3.28. The van der Waals surface area contributed by atoms with Gasteiger partial charge in [-0.2, -0.15) is 9.29 Å². The predicted molar refractivity (Wildman–Crippen MR) is 122 cm³/mol. The molecule has 0 radical (unpaired) electrons. The fourth-order valence-corrected chi connectivity index (χ4v) is 5.70. The number of aryl methyl sites for hydroxylation is 1. The molecule has 0 bridgehead atoms. The van der Waals surface area contributed by atoms with Gasteiger partial charge in [0.25, 0.3) is 5.89 Å². The summed E-state index contributed by atoms with van der Waals surface area (Å²) >= 11 is 5.94. The SMILES string of the molecule is Cc1c(-c2nc(-c3ccc(Cl)cc3)no2)oc2ccc(S(=O)(=O)N3CCCCCC3)cc12. The summed E-state index contributed by atoms with van der Waals surface area (Å²) < 4.78 is 39.4. The lowest BCUT2D eigenvalue weighted by molar-refractivity contribution is 0.419. The molecule has 32 heavy (non-hydrogen) atoms. The highest BCUT2D eigenvalue weighted by molar-refractivity contribution is 7.89. The highest BCUT2D eigenvalue weighted by Gasteiger charge is 2.27. The van der Waals surface area contributed by atoms with Gasteiger partial charge in [-0.25, -0.2) is 8.42 Å². The lowest BCUT2D eigenvalue weighted by atomic mass is 10.1. The number of fused-ring (bicyclic) bond motifs is 1. The first-order valence-electron chi connectivity index (χ1n) is 10.6. The molecule has 0 aliphatic carbocycles. The van der Waals surface area contributed by atoms with E-state index in [1.165, 1.54) is 0 Å². The molecule has 1 aliphatic rings. The van der Waals surface area contributed by atoms with Gasteiger partial charge in [-0.3, -0.25) is 0 Å². The van der Waals surface area contributed by atoms with Gasteiger partial charge in [0.05, 0.1) is 4.90 Å². The van der Waals surface area contributed by atoms with Gasteiger partial charge in [-0.05, 0) is 62.2 Å². The summed E-state index contributed by atoms with van der Waals surface area (Å²) in [7, 11) is -3.55. The fourth-order valence-electron chi connectivity index (χ4n) is 4.03. The third kappa shape index (κ3) is 3.83. The molecule has 0 saturated carbocycles. The molecule has 166 valence electrons. The van der Waals surface area contributed by atoms with E-state index in [9.17, 15) is 8.42 Å². The monoisotopic (exact) mass is 471 g/mol. The molecule has 9 heteroatoms. The molecule has 4 aromatic rings. The van der Waals surface area contributed by atoms with Crippen LogP contribution in [0.15, 0.2) is 56.3 Å². The van der Waals surface area contributed by atoms with Crippen LogP contribution in [0.3, 0.4) is 0 Å². The van der Waals surface area contributed by atoms with E-state index in [-0.39, 0.29) is 10.8 Å². The minimum atomic E-state index is -3.55. The van der Waals surface area contributed by atoms with Crippen molar-refractivity contribution in [1.29, 1.82) is 0 Å². The van der Waals surface area contributed by atoms with Crippen LogP contribution in [0.4, 0.5) is 0 Å². The normalized spacial score (nSPS) is 15.8. The quantitative estimate of drug-likeness (QED) is 0.380. The van der Waals surface area contributed by atoms with Crippen molar-refractivity contribution in [3.05, 3.63) is 53.1 Å². The van der Waals surface area contributed by atoms with Gasteiger partial charge in [0.15, 0.2) is 5.76 Å². The zero-order valence-electron chi connectivity index (χ0n) is 17.5. The highest BCUT2D eigenvalue weighted by Crippen LogP contribution is 2.35. The molecule has 1 saturated heterocycles. The number of halogens is 1. The maximum absolute atomic E-state index is 13.2. The molecule has 0 N–H and O–H groups in total. The summed E-state index contributed by atoms with van der Waals surface area (Å²) in [5.41, 5.74) is 2.08. The van der Waals surface area contributed by atoms with Crippen molar-refractivity contribution in [3.8, 4) is 23.0 Å². The van der Waals surface area contributed by atoms with E-state index in [2.05, 4.69) is 10.1 Å². The van der Waals surface area contributed by atoms with Crippen LogP contribution in [0.5, 0.6) is 0 Å². The summed E-state index contributed by atoms with van der Waals surface area (Å²) in [4.78, 5) is 4.72. The molecule has 5 rings (SSSR count). The summed E-state index contributed by atoms with van der Waals surface area (Å²) in [6.07, 6.45) is 3.92. The number of hydrogen-bond donors (Lipinski definition) is 0. The van der Waals surface area contributed by atoms with Crippen molar-refractivity contribution in [2.24, 2.45) is 0 Å². The molecule has 1 aliphatic heterocycles. The maximum atomic E-state index is 13.2. The second kappa shape index (κ2) is 8.35. The lowest BCUT2D eigenvalue weighted by Gasteiger charge is -2.19. The van der Waals surface area contributed by atoms with Gasteiger partial charge in [-0.1, -0.05) is 29.6 Å². The van der Waals surface area contributed by atoms with Gasteiger partial charge in [0.1, 0.15) is 5.58 Å². The Kier molecular flexibility index (Phi) is 5.53. The topological polar surface area (TPSA) is 89.4 Å². The van der Waals surface area contributed by atoms with Crippen LogP contribution < -0.4 is 0 Å². The molecule has 0 spiro atoms. The van der Waals surface area contributed by atoms with Crippen LogP contribution in [0.1, 0.15) is 31.2 Å². The number of sulfonamides is 1. The Morgan fingerprint density at radius 2 is 1.72 bits per heavy atom. The van der Waals surface area contributed by atoms with E-state index in [1.807, 2.05) is 19.1 Å². The lowest BCUT2D eigenvalue weighted by Crippen LogP contribution is -2.31. The van der Waals surface area contributed by atoms with Gasteiger partial charge in [0, 0.05) is 34.6 Å². The van der Waals surface area contributed by atoms with Crippen LogP contribution in [0.2, 0.25) is 5.02 Å². The zero-order chi connectivity index (χ0) is 22.3. The Hall–Kier alpha value is -2.68. The van der Waals surface area contributed by atoms with E-state index < -0.39 is 10.0 Å². The number of nitrogens with zero attached hydrogens (tertiary/aromatic N) is 3. The number of hydrogen-bond acceptors (Lipinski definition) is 6. The number of rotatable bonds is 4. The van der Waals surface area contributed by atoms with Crippen LogP contribution in [0, 0.1) is 6.92 Å². The zero-order valence-corrected chi connectivity index (χ0v) is 19.1. The van der Waals surface area contributed by atoms with Crippen LogP contribution in [-0.2, 0) is 10.0 Å². The molecule has 2 aromatic carbocycles. The van der Waals surface area contributed by atoms with E-state index in [0.717, 1.165) is 36.8 Å². The van der Waals surface area contributed by atoms with E-state index in [0.29, 0.717) is 40.7 Å². The predicted octanol–water partition coefficient (Wildman–Crippen LogP) is 5.68. The van der Waals surface area contributed by atoms with Crippen molar-refractivity contribution >= 4 is 32.6 Å². The molecule has 7 nitrogen and oxygen atoms in total. The largest absolute Gasteiger partial charge is 0.451 e. The number of benzene rings is 2. The summed E-state index contributed by atoms with van der Waals surface area (Å²) in [6.45, 7) is 2.98. The molecule has 3 heterocycles. The minimum Gasteiger partial charge on any atom is -0.451 e. The molecule has 0 unspecified atom stereocenters. The van der Waals surface area contributed by atoms with E-state index in [1.54, 1.807) is 34.6 Å². The van der Waals surface area contributed by atoms with Crippen molar-refractivity contribution in [2.75, 3.05) is 13.1 Å². The Bertz CT molecular complexity index is 1370. The second-order valence-corrected chi connectivity index (χ2v) is 10.3. The van der Waals surface area contributed by atoms with Crippen molar-refractivity contribution in [3.63, 3.8) is 0 Å². The third-order valence-electron chi connectivity index (χ3n) is 5.83. The summed E-state index contributed by atoms with van der Waals surface area (Å²) in [5.74, 6) is 1.08. The molecule has 1 fully saturated rings. The van der Waals surface area contributed by atoms with Crippen LogP contribution in [-0.4, -0.2) is 36.0 Å². The smallest absolute Gasteiger partial charge is 0.294 e. The molecular formula is C23H22ClN3O4S. The van der Waals surface area contributed by atoms with Gasteiger partial charge < -0.3 is 8.94 Å². The molecule has 2 aromatic heterocycles. The summed E-state index contributed by atoms with van der Waals surface area (Å²) in [5, 5.41) is 5.37. The number of aromatic nitrogens is 2. The minimum absolute atomic E-state index is 0.237. The molecular weight excluding hydrogens is 450 g/mol. The first-order chi connectivity index (χ1) is 15.4. The third-order valence-corrected chi connectivity index (χ3v) is 7.98. The Morgan fingerprint density at radius 3 is 2.44 bits per heavy atom. The van der Waals surface area contributed by atoms with Crippen LogP contribution in [0.25, 0.3) is 34.0 Å². The standard InChI is InChI=1S/C23H22ClN3O4S/c1-15-19-14-18(32(28,29)27-12-4-2-3-5-13-27)10-11-20(19)30-21(15)23-25-22(26-31-23)16-6-8-17(24)9-7-16/h6-11,14H,2-5,12-13H2,1H3. The summed E-state index contributed by atoms with van der Waals surface area (Å²) in [6, 6.07) is 12.1. The van der Waals surface area contributed by atoms with Gasteiger partial charge >= 0.3 is 0 Å². The van der Waals surface area contributed by atoms with E-state index >= 15 is 0 Å². The Balaban J connectivity index is 1.50. The van der Waals surface area contributed by atoms with Crippen molar-refractivity contribution < 1.29 is 17.4 Å². The highest BCUT2D eigenvalue weighted by atomic mass is 35.5. The maximum Gasteiger partial charge on any atom is 0.294 e. The Morgan fingerprint density at radius 1 is 1.00 bits per heavy atom. The van der Waals surface area contributed by atoms with Gasteiger partial charge in [0.2, 0.25) is 15.8 Å². The molecule has 0 amide bonds. The van der Waals surface area contributed by atoms with Gasteiger partial charge in [-0.15, -0.1) is 0 Å². The van der Waals surface area contributed by atoms with E-state index in [4.69, 9.17) is 20.5 Å². The second-order valence-electron chi connectivity index (χ2n) is 7.96. The number of furan rings is 1. The average molecular weight is 472 g/mol. The van der Waals surface area contributed by atoms with Crippen molar-refractivity contribution in [1.82, 2.24) is 14.4 Å². The first-order valence-corrected chi connectivity index (χ1v) is 12.4. The first kappa shape index (κ1) is 21.2. The Labute approximate surface area is 191 Å². The van der Waals surface area contributed by atoms with Crippen LogP contribution >= 0.6 is 11.6 Å². The van der Waals surface area contributed by atoms with Crippen molar-refractivity contribution in [2.45, 2.75) is 37.5 Å². The molecule has 0 atom stereocenters.